The summed E-state index contributed by atoms with van der Waals surface area (Å²) in [5.41, 5.74) is 0.428. The molecule has 25 heavy (non-hydrogen) atoms. The molecule has 0 radical (unpaired) electrons. The summed E-state index contributed by atoms with van der Waals surface area (Å²) in [5, 5.41) is 5.71. The number of amides is 2. The summed E-state index contributed by atoms with van der Waals surface area (Å²) < 4.78 is 5.28. The van der Waals surface area contributed by atoms with Crippen LogP contribution in [0.3, 0.4) is 0 Å². The fourth-order valence-corrected chi connectivity index (χ4v) is 2.18. The smallest absolute Gasteiger partial charge is 0.407 e. The molecular formula is C19H31N3O3. The van der Waals surface area contributed by atoms with Crippen LogP contribution in [-0.2, 0) is 9.53 Å². The number of hydrogen-bond donors (Lipinski definition) is 2. The number of nitrogens with one attached hydrogen (secondary N) is 2. The van der Waals surface area contributed by atoms with Gasteiger partial charge in [0.25, 0.3) is 0 Å². The monoisotopic (exact) mass is 349 g/mol. The molecule has 0 aromatic heterocycles. The van der Waals surface area contributed by atoms with Gasteiger partial charge in [-0.2, -0.15) is 0 Å². The zero-order valence-corrected chi connectivity index (χ0v) is 16.1. The number of ether oxygens (including phenoxy) is 1. The summed E-state index contributed by atoms with van der Waals surface area (Å²) in [7, 11) is 1.87. The Balaban J connectivity index is 2.48. The van der Waals surface area contributed by atoms with Crippen LogP contribution in [0.5, 0.6) is 0 Å². The molecule has 0 spiro atoms. The van der Waals surface area contributed by atoms with Crippen LogP contribution < -0.4 is 15.5 Å². The Morgan fingerprint density at radius 2 is 1.76 bits per heavy atom. The van der Waals surface area contributed by atoms with E-state index < -0.39 is 11.7 Å². The standard InChI is InChI=1S/C19H31N3O3/c1-14(2)16(21-18(24)25-19(3,4)5)12-20-17(23)13-22(6)15-10-8-7-9-11-15/h7-11,14,16H,12-13H2,1-6H3,(H,20,23)(H,21,24). The van der Waals surface area contributed by atoms with Gasteiger partial charge < -0.3 is 20.3 Å². The van der Waals surface area contributed by atoms with E-state index in [1.165, 1.54) is 0 Å². The van der Waals surface area contributed by atoms with Crippen LogP contribution in [0.15, 0.2) is 30.3 Å². The Hall–Kier alpha value is -2.24. The molecule has 0 saturated heterocycles. The molecule has 1 unspecified atom stereocenters. The van der Waals surface area contributed by atoms with Crippen molar-refractivity contribution in [2.75, 3.05) is 25.0 Å². The summed E-state index contributed by atoms with van der Waals surface area (Å²) in [5.74, 6) is 0.0719. The fraction of sp³-hybridized carbons (Fsp3) is 0.579. The summed E-state index contributed by atoms with van der Waals surface area (Å²) in [6, 6.07) is 9.52. The molecule has 0 saturated carbocycles. The first kappa shape index (κ1) is 20.8. The van der Waals surface area contributed by atoms with Gasteiger partial charge >= 0.3 is 6.09 Å². The number of carbonyl (C=O) groups is 2. The van der Waals surface area contributed by atoms with E-state index >= 15 is 0 Å². The molecule has 6 heteroatoms. The molecule has 0 fully saturated rings. The maximum atomic E-state index is 12.2. The first-order chi connectivity index (χ1) is 11.6. The first-order valence-electron chi connectivity index (χ1n) is 8.61. The van der Waals surface area contributed by atoms with Gasteiger partial charge in [0.2, 0.25) is 5.91 Å². The van der Waals surface area contributed by atoms with Gasteiger partial charge in [-0.1, -0.05) is 32.0 Å². The number of likely N-dealkylation sites (N-methyl/N-ethyl adjacent to an activating group) is 1. The third kappa shape index (κ3) is 8.42. The minimum Gasteiger partial charge on any atom is -0.444 e. The lowest BCUT2D eigenvalue weighted by atomic mass is 10.0. The highest BCUT2D eigenvalue weighted by Crippen LogP contribution is 2.10. The number of hydrogen-bond acceptors (Lipinski definition) is 4. The van der Waals surface area contributed by atoms with E-state index in [4.69, 9.17) is 4.74 Å². The summed E-state index contributed by atoms with van der Waals surface area (Å²) in [6.07, 6.45) is -0.471. The third-order valence-corrected chi connectivity index (χ3v) is 3.60. The van der Waals surface area contributed by atoms with Crippen LogP contribution in [-0.4, -0.2) is 43.8 Å². The zero-order chi connectivity index (χ0) is 19.0. The van der Waals surface area contributed by atoms with Crippen molar-refractivity contribution < 1.29 is 14.3 Å². The van der Waals surface area contributed by atoms with Crippen LogP contribution in [0.4, 0.5) is 10.5 Å². The molecule has 1 atom stereocenters. The average Bonchev–Trinajstić information content (AvgIpc) is 2.50. The second-order valence-electron chi connectivity index (χ2n) is 7.49. The van der Waals surface area contributed by atoms with Gasteiger partial charge in [0.15, 0.2) is 0 Å². The fourth-order valence-electron chi connectivity index (χ4n) is 2.18. The Bertz CT molecular complexity index is 553. The lowest BCUT2D eigenvalue weighted by Crippen LogP contribution is -2.49. The molecule has 140 valence electrons. The molecule has 0 heterocycles. The highest BCUT2D eigenvalue weighted by atomic mass is 16.6. The number of alkyl carbamates (subject to hydrolysis) is 1. The van der Waals surface area contributed by atoms with E-state index in [0.29, 0.717) is 6.54 Å². The van der Waals surface area contributed by atoms with Crippen LogP contribution in [0.1, 0.15) is 34.6 Å². The summed E-state index contributed by atoms with van der Waals surface area (Å²) in [4.78, 5) is 26.0. The Morgan fingerprint density at radius 1 is 1.16 bits per heavy atom. The van der Waals surface area contributed by atoms with Gasteiger partial charge in [0.1, 0.15) is 5.60 Å². The second-order valence-corrected chi connectivity index (χ2v) is 7.49. The van der Waals surface area contributed by atoms with E-state index in [0.717, 1.165) is 5.69 Å². The topological polar surface area (TPSA) is 70.7 Å². The number of anilines is 1. The molecule has 0 aliphatic carbocycles. The van der Waals surface area contributed by atoms with E-state index in [1.807, 2.05) is 76.9 Å². The molecule has 1 rings (SSSR count). The lowest BCUT2D eigenvalue weighted by Gasteiger charge is -2.26. The molecule has 6 nitrogen and oxygen atoms in total. The van der Waals surface area contributed by atoms with Crippen molar-refractivity contribution in [3.05, 3.63) is 30.3 Å². The van der Waals surface area contributed by atoms with Crippen molar-refractivity contribution in [3.8, 4) is 0 Å². The van der Waals surface area contributed by atoms with Gasteiger partial charge in [0, 0.05) is 19.3 Å². The lowest BCUT2D eigenvalue weighted by molar-refractivity contribution is -0.119. The maximum Gasteiger partial charge on any atom is 0.407 e. The second kappa shape index (κ2) is 9.30. The van der Waals surface area contributed by atoms with Crippen LogP contribution >= 0.6 is 0 Å². The highest BCUT2D eigenvalue weighted by Gasteiger charge is 2.22. The van der Waals surface area contributed by atoms with Crippen molar-refractivity contribution in [2.24, 2.45) is 5.92 Å². The normalized spacial score (nSPS) is 12.4. The number of benzene rings is 1. The van der Waals surface area contributed by atoms with Crippen molar-refractivity contribution in [1.82, 2.24) is 10.6 Å². The molecule has 1 aromatic rings. The maximum absolute atomic E-state index is 12.2. The molecule has 0 aliphatic rings. The first-order valence-corrected chi connectivity index (χ1v) is 8.61. The Kier molecular flexibility index (Phi) is 7.74. The molecule has 1 aromatic carbocycles. The van der Waals surface area contributed by atoms with Crippen LogP contribution in [0.2, 0.25) is 0 Å². The predicted molar refractivity (Wildman–Crippen MR) is 101 cm³/mol. The number of carbonyl (C=O) groups excluding carboxylic acids is 2. The van der Waals surface area contributed by atoms with E-state index in [2.05, 4.69) is 10.6 Å². The van der Waals surface area contributed by atoms with E-state index in [-0.39, 0.29) is 24.4 Å². The van der Waals surface area contributed by atoms with Gasteiger partial charge in [-0.15, -0.1) is 0 Å². The predicted octanol–water partition coefficient (Wildman–Crippen LogP) is 2.79. The van der Waals surface area contributed by atoms with Crippen molar-refractivity contribution in [2.45, 2.75) is 46.3 Å². The van der Waals surface area contributed by atoms with E-state index in [1.54, 1.807) is 0 Å². The minimum atomic E-state index is -0.548. The number of nitrogens with zero attached hydrogens (tertiary/aromatic N) is 1. The SMILES string of the molecule is CC(C)C(CNC(=O)CN(C)c1ccccc1)NC(=O)OC(C)(C)C. The van der Waals surface area contributed by atoms with Crippen molar-refractivity contribution >= 4 is 17.7 Å². The van der Waals surface area contributed by atoms with Gasteiger partial charge in [0.05, 0.1) is 12.6 Å². The zero-order valence-electron chi connectivity index (χ0n) is 16.1. The largest absolute Gasteiger partial charge is 0.444 e. The third-order valence-electron chi connectivity index (χ3n) is 3.60. The average molecular weight is 349 g/mol. The highest BCUT2D eigenvalue weighted by molar-refractivity contribution is 5.81. The van der Waals surface area contributed by atoms with Crippen molar-refractivity contribution in [3.63, 3.8) is 0 Å². The molecule has 2 amide bonds. The summed E-state index contributed by atoms with van der Waals surface area (Å²) in [6.45, 7) is 10.0. The van der Waals surface area contributed by atoms with Crippen LogP contribution in [0.25, 0.3) is 0 Å². The van der Waals surface area contributed by atoms with E-state index in [9.17, 15) is 9.59 Å². The molecular weight excluding hydrogens is 318 g/mol. The van der Waals surface area contributed by atoms with Crippen LogP contribution in [0, 0.1) is 5.92 Å². The molecule has 0 bridgehead atoms. The summed E-state index contributed by atoms with van der Waals surface area (Å²) >= 11 is 0. The number of para-hydroxylation sites is 1. The Labute approximate surface area is 150 Å². The quantitative estimate of drug-likeness (QED) is 0.794. The molecule has 0 aliphatic heterocycles. The van der Waals surface area contributed by atoms with Gasteiger partial charge in [-0.25, -0.2) is 4.79 Å². The van der Waals surface area contributed by atoms with Crippen molar-refractivity contribution in [1.29, 1.82) is 0 Å². The van der Waals surface area contributed by atoms with Gasteiger partial charge in [-0.3, -0.25) is 4.79 Å². The minimum absolute atomic E-state index is 0.0945. The Morgan fingerprint density at radius 3 is 2.28 bits per heavy atom. The van der Waals surface area contributed by atoms with Gasteiger partial charge in [-0.05, 0) is 38.8 Å². The number of rotatable bonds is 7. The molecule has 2 N–H and O–H groups in total.